The van der Waals surface area contributed by atoms with Gasteiger partial charge in [-0.2, -0.15) is 5.01 Å². The number of halogens is 1. The van der Waals surface area contributed by atoms with E-state index in [1.807, 2.05) is 15.7 Å². The first-order chi connectivity index (χ1) is 12.7. The van der Waals surface area contributed by atoms with Crippen molar-refractivity contribution >= 4 is 12.2 Å². The van der Waals surface area contributed by atoms with Crippen LogP contribution in [0.25, 0.3) is 11.5 Å². The van der Waals surface area contributed by atoms with E-state index < -0.39 is 5.82 Å². The first kappa shape index (κ1) is 16.6. The van der Waals surface area contributed by atoms with Crippen molar-refractivity contribution in [3.63, 3.8) is 0 Å². The number of imidazole rings is 1. The SMILES string of the molecule is CCCN1C(C)N=C2C=C(Cn3ccnc3-c3ncccc3F)N=CN21. The largest absolute Gasteiger partial charge is 0.324 e. The van der Waals surface area contributed by atoms with Gasteiger partial charge in [-0.1, -0.05) is 6.92 Å². The Morgan fingerprint density at radius 2 is 2.12 bits per heavy atom. The van der Waals surface area contributed by atoms with Crippen molar-refractivity contribution in [3.05, 3.63) is 48.3 Å². The Bertz CT molecular complexity index is 898. The van der Waals surface area contributed by atoms with E-state index in [4.69, 9.17) is 0 Å². The zero-order valence-corrected chi connectivity index (χ0v) is 14.7. The summed E-state index contributed by atoms with van der Waals surface area (Å²) in [5.41, 5.74) is 1.07. The molecule has 0 bridgehead atoms. The molecule has 0 radical (unpaired) electrons. The molecule has 4 rings (SSSR count). The maximum atomic E-state index is 14.1. The lowest BCUT2D eigenvalue weighted by Crippen LogP contribution is -2.44. The fourth-order valence-electron chi connectivity index (χ4n) is 3.16. The first-order valence-electron chi connectivity index (χ1n) is 8.67. The van der Waals surface area contributed by atoms with Crippen molar-refractivity contribution in [3.8, 4) is 11.5 Å². The molecular formula is C18H20FN7. The number of aromatic nitrogens is 3. The van der Waals surface area contributed by atoms with Gasteiger partial charge in [0, 0.05) is 31.2 Å². The molecule has 0 N–H and O–H groups in total. The Balaban J connectivity index is 1.57. The van der Waals surface area contributed by atoms with Crippen molar-refractivity contribution in [1.29, 1.82) is 0 Å². The van der Waals surface area contributed by atoms with Crippen LogP contribution in [0.15, 0.2) is 52.5 Å². The van der Waals surface area contributed by atoms with Gasteiger partial charge in [0.15, 0.2) is 11.6 Å². The Labute approximate surface area is 151 Å². The molecule has 7 nitrogen and oxygen atoms in total. The van der Waals surface area contributed by atoms with Crippen LogP contribution in [-0.4, -0.2) is 49.4 Å². The molecule has 8 heteroatoms. The van der Waals surface area contributed by atoms with Crippen LogP contribution in [0.2, 0.25) is 0 Å². The molecular weight excluding hydrogens is 333 g/mol. The minimum atomic E-state index is -0.392. The van der Waals surface area contributed by atoms with Crippen molar-refractivity contribution in [2.45, 2.75) is 33.0 Å². The van der Waals surface area contributed by atoms with Crippen LogP contribution >= 0.6 is 0 Å². The Kier molecular flexibility index (Phi) is 4.34. The van der Waals surface area contributed by atoms with E-state index in [1.165, 1.54) is 6.07 Å². The molecule has 4 heterocycles. The summed E-state index contributed by atoms with van der Waals surface area (Å²) in [7, 11) is 0. The van der Waals surface area contributed by atoms with Gasteiger partial charge in [0.1, 0.15) is 24.0 Å². The van der Waals surface area contributed by atoms with Crippen molar-refractivity contribution < 1.29 is 4.39 Å². The average Bonchev–Trinajstić information content (AvgIpc) is 3.20. The summed E-state index contributed by atoms with van der Waals surface area (Å²) in [6.45, 7) is 5.61. The molecule has 2 aromatic rings. The fraction of sp³-hybridized carbons (Fsp3) is 0.333. The predicted molar refractivity (Wildman–Crippen MR) is 97.7 cm³/mol. The lowest BCUT2D eigenvalue weighted by molar-refractivity contribution is 0.0975. The number of aliphatic imine (C=N–C) groups is 2. The van der Waals surface area contributed by atoms with E-state index in [9.17, 15) is 4.39 Å². The molecule has 2 aliphatic heterocycles. The van der Waals surface area contributed by atoms with E-state index in [0.717, 1.165) is 24.5 Å². The quantitative estimate of drug-likeness (QED) is 0.829. The molecule has 0 saturated carbocycles. The molecule has 0 spiro atoms. The molecule has 2 aliphatic rings. The summed E-state index contributed by atoms with van der Waals surface area (Å²) < 4.78 is 15.9. The number of hydrazine groups is 1. The standard InChI is InChI=1S/C18H20FN7/c1-3-8-25-13(2)23-16-10-14(22-12-26(16)25)11-24-9-7-21-18(24)17-15(19)5-4-6-20-17/h4-7,9-10,12-13H,3,8,11H2,1-2H3. The van der Waals surface area contributed by atoms with E-state index >= 15 is 0 Å². The third kappa shape index (κ3) is 2.92. The van der Waals surface area contributed by atoms with Gasteiger partial charge in [0.25, 0.3) is 0 Å². The number of fused-ring (bicyclic) bond motifs is 1. The molecule has 0 aliphatic carbocycles. The highest BCUT2D eigenvalue weighted by molar-refractivity contribution is 6.02. The van der Waals surface area contributed by atoms with E-state index in [0.29, 0.717) is 12.4 Å². The number of hydrogen-bond donors (Lipinski definition) is 0. The topological polar surface area (TPSA) is 61.9 Å². The summed E-state index contributed by atoms with van der Waals surface area (Å²) in [5.74, 6) is 0.967. The summed E-state index contributed by atoms with van der Waals surface area (Å²) in [6, 6.07) is 2.95. The Morgan fingerprint density at radius 1 is 1.23 bits per heavy atom. The highest BCUT2D eigenvalue weighted by Crippen LogP contribution is 2.23. The first-order valence-corrected chi connectivity index (χ1v) is 8.67. The van der Waals surface area contributed by atoms with Gasteiger partial charge in [-0.05, 0) is 25.5 Å². The van der Waals surface area contributed by atoms with Crippen LogP contribution in [0, 0.1) is 5.82 Å². The van der Waals surface area contributed by atoms with Gasteiger partial charge < -0.3 is 4.57 Å². The van der Waals surface area contributed by atoms with Gasteiger partial charge in [0.05, 0.1) is 12.2 Å². The molecule has 2 aromatic heterocycles. The molecule has 0 amide bonds. The molecule has 0 aromatic carbocycles. The minimum absolute atomic E-state index is 0.0958. The number of hydrogen-bond acceptors (Lipinski definition) is 6. The normalized spacial score (nSPS) is 19.5. The van der Waals surface area contributed by atoms with Crippen LogP contribution in [0.5, 0.6) is 0 Å². The van der Waals surface area contributed by atoms with Gasteiger partial charge in [-0.15, -0.1) is 0 Å². The predicted octanol–water partition coefficient (Wildman–Crippen LogP) is 2.70. The van der Waals surface area contributed by atoms with Crippen LogP contribution in [0.3, 0.4) is 0 Å². The smallest absolute Gasteiger partial charge is 0.162 e. The van der Waals surface area contributed by atoms with E-state index in [1.54, 1.807) is 31.0 Å². The maximum Gasteiger partial charge on any atom is 0.162 e. The third-order valence-corrected chi connectivity index (χ3v) is 4.36. The van der Waals surface area contributed by atoms with Crippen molar-refractivity contribution in [1.82, 2.24) is 24.6 Å². The molecule has 134 valence electrons. The molecule has 0 saturated heterocycles. The summed E-state index contributed by atoms with van der Waals surface area (Å²) in [4.78, 5) is 17.6. The molecule has 0 fully saturated rings. The summed E-state index contributed by atoms with van der Waals surface area (Å²) >= 11 is 0. The second kappa shape index (κ2) is 6.80. The monoisotopic (exact) mass is 353 g/mol. The Hall–Kier alpha value is -2.87. The lowest BCUT2D eigenvalue weighted by Gasteiger charge is -2.29. The highest BCUT2D eigenvalue weighted by atomic mass is 19.1. The summed E-state index contributed by atoms with van der Waals surface area (Å²) in [5, 5.41) is 4.17. The van der Waals surface area contributed by atoms with Crippen LogP contribution < -0.4 is 0 Å². The van der Waals surface area contributed by atoms with Gasteiger partial charge >= 0.3 is 0 Å². The van der Waals surface area contributed by atoms with Crippen LogP contribution in [0.4, 0.5) is 4.39 Å². The number of rotatable bonds is 5. The Morgan fingerprint density at radius 3 is 2.92 bits per heavy atom. The number of amidine groups is 1. The molecule has 1 unspecified atom stereocenters. The maximum absolute atomic E-state index is 14.1. The average molecular weight is 353 g/mol. The second-order valence-corrected chi connectivity index (χ2v) is 6.22. The highest BCUT2D eigenvalue weighted by Gasteiger charge is 2.30. The zero-order chi connectivity index (χ0) is 18.1. The summed E-state index contributed by atoms with van der Waals surface area (Å²) in [6.07, 6.45) is 9.90. The third-order valence-electron chi connectivity index (χ3n) is 4.36. The number of allylic oxidation sites excluding steroid dienone is 1. The lowest BCUT2D eigenvalue weighted by atomic mass is 10.3. The van der Waals surface area contributed by atoms with Crippen LogP contribution in [-0.2, 0) is 6.54 Å². The van der Waals surface area contributed by atoms with Gasteiger partial charge in [-0.3, -0.25) is 0 Å². The van der Waals surface area contributed by atoms with Gasteiger partial charge in [-0.25, -0.2) is 29.4 Å². The van der Waals surface area contributed by atoms with Crippen molar-refractivity contribution in [2.75, 3.05) is 6.54 Å². The number of nitrogens with zero attached hydrogens (tertiary/aromatic N) is 7. The van der Waals surface area contributed by atoms with Crippen molar-refractivity contribution in [2.24, 2.45) is 9.98 Å². The fourth-order valence-corrected chi connectivity index (χ4v) is 3.16. The molecule has 1 atom stereocenters. The van der Waals surface area contributed by atoms with E-state index in [-0.39, 0.29) is 11.9 Å². The van der Waals surface area contributed by atoms with Crippen LogP contribution in [0.1, 0.15) is 20.3 Å². The minimum Gasteiger partial charge on any atom is -0.324 e. The molecule has 26 heavy (non-hydrogen) atoms. The number of pyridine rings is 1. The van der Waals surface area contributed by atoms with Gasteiger partial charge in [0.2, 0.25) is 0 Å². The van der Waals surface area contributed by atoms with E-state index in [2.05, 4.69) is 38.8 Å². The zero-order valence-electron chi connectivity index (χ0n) is 14.7. The second-order valence-electron chi connectivity index (χ2n) is 6.22.